The van der Waals surface area contributed by atoms with Crippen molar-refractivity contribution in [2.24, 2.45) is 0 Å². The second-order valence-electron chi connectivity index (χ2n) is 5.49. The molecule has 0 radical (unpaired) electrons. The highest BCUT2D eigenvalue weighted by Crippen LogP contribution is 2.37. The summed E-state index contributed by atoms with van der Waals surface area (Å²) in [7, 11) is -0.228. The molecule has 0 N–H and O–H groups in total. The predicted molar refractivity (Wildman–Crippen MR) is 66.6 cm³/mol. The first-order valence-electron chi connectivity index (χ1n) is 5.94. The van der Waals surface area contributed by atoms with Crippen LogP contribution in [0.1, 0.15) is 39.2 Å². The Morgan fingerprint density at radius 1 is 1.18 bits per heavy atom. The maximum Gasteiger partial charge on any atom is 0.464 e. The first kappa shape index (κ1) is 12.5. The molecule has 0 spiro atoms. The molecule has 5 heteroatoms. The van der Waals surface area contributed by atoms with Gasteiger partial charge in [-0.2, -0.15) is 0 Å². The molecule has 0 aromatic carbocycles. The van der Waals surface area contributed by atoms with E-state index in [1.54, 1.807) is 6.20 Å². The Labute approximate surface area is 103 Å². The Morgan fingerprint density at radius 2 is 1.76 bits per heavy atom. The van der Waals surface area contributed by atoms with E-state index >= 15 is 0 Å². The molecule has 1 aliphatic heterocycles. The molecule has 1 fully saturated rings. The standard InChI is InChI=1S/C12H19BN2O2/c1-9-14-7-6-10(15-9)8-13-16-11(2,3)12(4,5)17-13/h6-7H,8H2,1-5H3. The third-order valence-electron chi connectivity index (χ3n) is 3.51. The summed E-state index contributed by atoms with van der Waals surface area (Å²) in [6.45, 7) is 10.1. The largest absolute Gasteiger partial charge is 0.464 e. The van der Waals surface area contributed by atoms with Crippen molar-refractivity contribution in [2.45, 2.75) is 52.1 Å². The lowest BCUT2D eigenvalue weighted by Crippen LogP contribution is -2.41. The predicted octanol–water partition coefficient (Wildman–Crippen LogP) is 1.96. The third-order valence-corrected chi connectivity index (χ3v) is 3.51. The maximum absolute atomic E-state index is 5.93. The summed E-state index contributed by atoms with van der Waals surface area (Å²) in [6, 6.07) is 1.90. The summed E-state index contributed by atoms with van der Waals surface area (Å²) in [5.74, 6) is 0.777. The fraction of sp³-hybridized carbons (Fsp3) is 0.667. The van der Waals surface area contributed by atoms with Crippen LogP contribution in [-0.2, 0) is 15.6 Å². The minimum Gasteiger partial charge on any atom is -0.403 e. The number of hydrogen-bond donors (Lipinski definition) is 0. The van der Waals surface area contributed by atoms with Crippen molar-refractivity contribution >= 4 is 7.12 Å². The number of nitrogens with zero attached hydrogens (tertiary/aromatic N) is 2. The quantitative estimate of drug-likeness (QED) is 0.733. The molecule has 0 amide bonds. The van der Waals surface area contributed by atoms with Crippen molar-refractivity contribution in [3.05, 3.63) is 23.8 Å². The van der Waals surface area contributed by atoms with Crippen LogP contribution in [0.15, 0.2) is 12.3 Å². The molecule has 4 nitrogen and oxygen atoms in total. The van der Waals surface area contributed by atoms with Crippen LogP contribution in [0, 0.1) is 6.92 Å². The van der Waals surface area contributed by atoms with Crippen molar-refractivity contribution in [1.82, 2.24) is 9.97 Å². The van der Waals surface area contributed by atoms with E-state index in [9.17, 15) is 0 Å². The molecule has 1 aromatic heterocycles. The zero-order valence-electron chi connectivity index (χ0n) is 11.2. The molecule has 17 heavy (non-hydrogen) atoms. The van der Waals surface area contributed by atoms with Crippen LogP contribution < -0.4 is 0 Å². The van der Waals surface area contributed by atoms with Gasteiger partial charge in [0, 0.05) is 18.2 Å². The topological polar surface area (TPSA) is 44.2 Å². The zero-order valence-corrected chi connectivity index (χ0v) is 11.2. The van der Waals surface area contributed by atoms with Gasteiger partial charge in [-0.15, -0.1) is 0 Å². The van der Waals surface area contributed by atoms with Crippen molar-refractivity contribution in [3.8, 4) is 0 Å². The molecule has 1 saturated heterocycles. The van der Waals surface area contributed by atoms with Crippen LogP contribution in [-0.4, -0.2) is 28.3 Å². The lowest BCUT2D eigenvalue weighted by molar-refractivity contribution is 0.00578. The summed E-state index contributed by atoms with van der Waals surface area (Å²) in [5, 5.41) is 0. The van der Waals surface area contributed by atoms with Gasteiger partial charge in [0.25, 0.3) is 0 Å². The smallest absolute Gasteiger partial charge is 0.403 e. The van der Waals surface area contributed by atoms with Crippen LogP contribution in [0.4, 0.5) is 0 Å². The SMILES string of the molecule is Cc1nccc(CB2OC(C)(C)C(C)(C)O2)n1. The molecule has 0 atom stereocenters. The average Bonchev–Trinajstić information content (AvgIpc) is 2.34. The fourth-order valence-electron chi connectivity index (χ4n) is 1.84. The summed E-state index contributed by atoms with van der Waals surface area (Å²) in [5.41, 5.74) is 0.399. The van der Waals surface area contributed by atoms with Gasteiger partial charge in [-0.25, -0.2) is 9.97 Å². The van der Waals surface area contributed by atoms with E-state index in [4.69, 9.17) is 9.31 Å². The lowest BCUT2D eigenvalue weighted by Gasteiger charge is -2.32. The van der Waals surface area contributed by atoms with Crippen molar-refractivity contribution < 1.29 is 9.31 Å². The van der Waals surface area contributed by atoms with Gasteiger partial charge in [-0.3, -0.25) is 0 Å². The van der Waals surface area contributed by atoms with Gasteiger partial charge in [-0.1, -0.05) is 0 Å². The van der Waals surface area contributed by atoms with Crippen LogP contribution in [0.5, 0.6) is 0 Å². The Bertz CT molecular complexity index is 405. The van der Waals surface area contributed by atoms with Gasteiger partial charge in [0.1, 0.15) is 5.82 Å². The highest BCUT2D eigenvalue weighted by molar-refractivity contribution is 6.44. The Morgan fingerprint density at radius 3 is 2.29 bits per heavy atom. The van der Waals surface area contributed by atoms with E-state index in [1.807, 2.05) is 13.0 Å². The van der Waals surface area contributed by atoms with Gasteiger partial charge in [-0.05, 0) is 40.7 Å². The van der Waals surface area contributed by atoms with E-state index in [2.05, 4.69) is 37.7 Å². The third kappa shape index (κ3) is 2.50. The molecule has 0 aliphatic carbocycles. The van der Waals surface area contributed by atoms with Crippen molar-refractivity contribution in [1.29, 1.82) is 0 Å². The minimum atomic E-state index is -0.278. The Kier molecular flexibility index (Phi) is 3.00. The molecule has 1 aliphatic rings. The molecule has 0 bridgehead atoms. The summed E-state index contributed by atoms with van der Waals surface area (Å²) >= 11 is 0. The Hall–Kier alpha value is -0.935. The second kappa shape index (κ2) is 4.07. The molecule has 92 valence electrons. The number of aryl methyl sites for hydroxylation is 1. The highest BCUT2D eigenvalue weighted by Gasteiger charge is 2.50. The molecule has 2 rings (SSSR count). The number of hydrogen-bond acceptors (Lipinski definition) is 4. The molecular formula is C12H19BN2O2. The number of rotatable bonds is 2. The van der Waals surface area contributed by atoms with Crippen molar-refractivity contribution in [2.75, 3.05) is 0 Å². The molecule has 2 heterocycles. The summed E-state index contributed by atoms with van der Waals surface area (Å²) < 4.78 is 11.9. The van der Waals surface area contributed by atoms with E-state index in [-0.39, 0.29) is 18.3 Å². The van der Waals surface area contributed by atoms with E-state index in [1.165, 1.54) is 0 Å². The van der Waals surface area contributed by atoms with Gasteiger partial charge >= 0.3 is 7.12 Å². The molecule has 0 unspecified atom stereocenters. The lowest BCUT2D eigenvalue weighted by atomic mass is 9.83. The monoisotopic (exact) mass is 234 g/mol. The molecule has 1 aromatic rings. The van der Waals surface area contributed by atoms with E-state index in [0.717, 1.165) is 11.5 Å². The zero-order chi connectivity index (χ0) is 12.7. The average molecular weight is 234 g/mol. The van der Waals surface area contributed by atoms with Gasteiger partial charge in [0.2, 0.25) is 0 Å². The highest BCUT2D eigenvalue weighted by atomic mass is 16.7. The normalized spacial score (nSPS) is 21.8. The molecular weight excluding hydrogens is 215 g/mol. The van der Waals surface area contributed by atoms with Gasteiger partial charge < -0.3 is 9.31 Å². The van der Waals surface area contributed by atoms with E-state index < -0.39 is 0 Å². The summed E-state index contributed by atoms with van der Waals surface area (Å²) in [4.78, 5) is 8.44. The fourth-order valence-corrected chi connectivity index (χ4v) is 1.84. The molecule has 0 saturated carbocycles. The van der Waals surface area contributed by atoms with Crippen LogP contribution in [0.25, 0.3) is 0 Å². The Balaban J connectivity index is 2.08. The van der Waals surface area contributed by atoms with Crippen molar-refractivity contribution in [3.63, 3.8) is 0 Å². The first-order valence-corrected chi connectivity index (χ1v) is 5.94. The number of aromatic nitrogens is 2. The van der Waals surface area contributed by atoms with Gasteiger partial charge in [0.05, 0.1) is 11.2 Å². The van der Waals surface area contributed by atoms with E-state index in [0.29, 0.717) is 6.32 Å². The summed E-state index contributed by atoms with van der Waals surface area (Å²) in [6.07, 6.45) is 2.43. The minimum absolute atomic E-state index is 0.228. The van der Waals surface area contributed by atoms with Crippen LogP contribution in [0.3, 0.4) is 0 Å². The van der Waals surface area contributed by atoms with Gasteiger partial charge in [0.15, 0.2) is 0 Å². The van der Waals surface area contributed by atoms with Crippen LogP contribution in [0.2, 0.25) is 0 Å². The second-order valence-corrected chi connectivity index (χ2v) is 5.49. The van der Waals surface area contributed by atoms with Crippen LogP contribution >= 0.6 is 0 Å². The first-order chi connectivity index (χ1) is 7.80. The maximum atomic E-state index is 5.93.